The molecule has 0 amide bonds. The average Bonchev–Trinajstić information content (AvgIpc) is 2.18. The minimum atomic E-state index is -0.157. The van der Waals surface area contributed by atoms with Gasteiger partial charge >= 0.3 is 0 Å². The lowest BCUT2D eigenvalue weighted by atomic mass is 10.1. The molecule has 0 aliphatic heterocycles. The number of H-pyrrole nitrogens is 1. The standard InChI is InChI=1S/C10H12N2O.C2H6/c1-5-8-9(6(2)3)10(13)12-7(4)11-8;1-2/h5H,1-2H2,3-4H3,(H,11,12,13);1-2H3. The smallest absolute Gasteiger partial charge is 0.258 e. The minimum absolute atomic E-state index is 0.157. The molecule has 3 heteroatoms. The highest BCUT2D eigenvalue weighted by Gasteiger charge is 2.07. The van der Waals surface area contributed by atoms with E-state index >= 15 is 0 Å². The first-order chi connectivity index (χ1) is 7.06. The normalized spacial score (nSPS) is 8.80. The lowest BCUT2D eigenvalue weighted by Gasteiger charge is -2.03. The molecule has 15 heavy (non-hydrogen) atoms. The van der Waals surface area contributed by atoms with Crippen molar-refractivity contribution in [2.24, 2.45) is 0 Å². The van der Waals surface area contributed by atoms with Crippen LogP contribution >= 0.6 is 0 Å². The lowest BCUT2D eigenvalue weighted by molar-refractivity contribution is 0.999. The first-order valence-electron chi connectivity index (χ1n) is 4.95. The number of hydrogen-bond acceptors (Lipinski definition) is 2. The van der Waals surface area contributed by atoms with Gasteiger partial charge < -0.3 is 4.98 Å². The molecule has 0 saturated carbocycles. The Labute approximate surface area is 90.6 Å². The van der Waals surface area contributed by atoms with E-state index in [0.29, 0.717) is 22.7 Å². The zero-order chi connectivity index (χ0) is 12.0. The fourth-order valence-corrected chi connectivity index (χ4v) is 1.17. The molecule has 1 N–H and O–H groups in total. The van der Waals surface area contributed by atoms with Crippen LogP contribution in [-0.2, 0) is 0 Å². The highest BCUT2D eigenvalue weighted by molar-refractivity contribution is 5.68. The van der Waals surface area contributed by atoms with E-state index in [1.54, 1.807) is 19.9 Å². The van der Waals surface area contributed by atoms with Gasteiger partial charge in [0.25, 0.3) is 5.56 Å². The zero-order valence-corrected chi connectivity index (χ0v) is 9.85. The van der Waals surface area contributed by atoms with Gasteiger partial charge in [-0.25, -0.2) is 4.98 Å². The second kappa shape index (κ2) is 5.96. The van der Waals surface area contributed by atoms with Gasteiger partial charge in [-0.15, -0.1) is 0 Å². The molecule has 0 radical (unpaired) electrons. The van der Waals surface area contributed by atoms with Gasteiger partial charge in [0, 0.05) is 0 Å². The molecular formula is C12H18N2O. The van der Waals surface area contributed by atoms with Crippen LogP contribution in [0, 0.1) is 6.92 Å². The highest BCUT2D eigenvalue weighted by atomic mass is 16.1. The Kier molecular flexibility index (Phi) is 5.31. The van der Waals surface area contributed by atoms with E-state index in [4.69, 9.17) is 0 Å². The zero-order valence-electron chi connectivity index (χ0n) is 9.85. The molecule has 82 valence electrons. The summed E-state index contributed by atoms with van der Waals surface area (Å²) in [6.07, 6.45) is 1.56. The number of aromatic amines is 1. The van der Waals surface area contributed by atoms with Gasteiger partial charge in [0.2, 0.25) is 0 Å². The van der Waals surface area contributed by atoms with Crippen LogP contribution in [0.15, 0.2) is 18.0 Å². The maximum Gasteiger partial charge on any atom is 0.258 e. The Hall–Kier alpha value is -1.64. The third-order valence-electron chi connectivity index (χ3n) is 1.69. The van der Waals surface area contributed by atoms with Crippen LogP contribution < -0.4 is 5.56 Å². The summed E-state index contributed by atoms with van der Waals surface area (Å²) >= 11 is 0. The summed E-state index contributed by atoms with van der Waals surface area (Å²) in [7, 11) is 0. The summed E-state index contributed by atoms with van der Waals surface area (Å²) in [6.45, 7) is 14.8. The molecule has 1 heterocycles. The van der Waals surface area contributed by atoms with E-state index in [1.807, 2.05) is 13.8 Å². The maximum atomic E-state index is 11.5. The molecule has 1 aromatic heterocycles. The Bertz CT molecular complexity index is 416. The van der Waals surface area contributed by atoms with Gasteiger partial charge in [0.05, 0.1) is 11.3 Å². The average molecular weight is 206 g/mol. The molecule has 0 spiro atoms. The Morgan fingerprint density at radius 2 is 2.00 bits per heavy atom. The van der Waals surface area contributed by atoms with E-state index in [9.17, 15) is 4.79 Å². The van der Waals surface area contributed by atoms with Crippen molar-refractivity contribution >= 4 is 11.6 Å². The SMILES string of the molecule is C=Cc1nc(C)[nH]c(=O)c1C(=C)C.CC. The van der Waals surface area contributed by atoms with Crippen molar-refractivity contribution in [3.63, 3.8) is 0 Å². The summed E-state index contributed by atoms with van der Waals surface area (Å²) in [5.74, 6) is 0.588. The second-order valence-corrected chi connectivity index (χ2v) is 2.90. The van der Waals surface area contributed by atoms with E-state index in [2.05, 4.69) is 23.1 Å². The topological polar surface area (TPSA) is 45.8 Å². The first-order valence-corrected chi connectivity index (χ1v) is 4.95. The molecule has 1 rings (SSSR count). The van der Waals surface area contributed by atoms with Crippen LogP contribution in [0.3, 0.4) is 0 Å². The van der Waals surface area contributed by atoms with Crippen LogP contribution in [0.2, 0.25) is 0 Å². The Morgan fingerprint density at radius 3 is 2.40 bits per heavy atom. The van der Waals surface area contributed by atoms with Crippen LogP contribution in [-0.4, -0.2) is 9.97 Å². The second-order valence-electron chi connectivity index (χ2n) is 2.90. The number of nitrogens with one attached hydrogen (secondary N) is 1. The predicted molar refractivity (Wildman–Crippen MR) is 65.7 cm³/mol. The summed E-state index contributed by atoms with van der Waals surface area (Å²) in [5, 5.41) is 0. The van der Waals surface area contributed by atoms with Gasteiger partial charge in [-0.3, -0.25) is 4.79 Å². The van der Waals surface area contributed by atoms with Crippen LogP contribution in [0.5, 0.6) is 0 Å². The van der Waals surface area contributed by atoms with E-state index in [0.717, 1.165) is 0 Å². The van der Waals surface area contributed by atoms with Crippen molar-refractivity contribution in [2.45, 2.75) is 27.7 Å². The fraction of sp³-hybridized carbons (Fsp3) is 0.333. The number of hydrogen-bond donors (Lipinski definition) is 1. The van der Waals surface area contributed by atoms with Crippen molar-refractivity contribution in [1.82, 2.24) is 9.97 Å². The van der Waals surface area contributed by atoms with Gasteiger partial charge in [0.1, 0.15) is 5.82 Å². The highest BCUT2D eigenvalue weighted by Crippen LogP contribution is 2.11. The van der Waals surface area contributed by atoms with Gasteiger partial charge in [0.15, 0.2) is 0 Å². The van der Waals surface area contributed by atoms with Crippen molar-refractivity contribution in [2.75, 3.05) is 0 Å². The molecule has 0 fully saturated rings. The van der Waals surface area contributed by atoms with Crippen molar-refractivity contribution in [3.8, 4) is 0 Å². The molecule has 0 atom stereocenters. The van der Waals surface area contributed by atoms with Gasteiger partial charge in [-0.2, -0.15) is 0 Å². The fourth-order valence-electron chi connectivity index (χ4n) is 1.17. The van der Waals surface area contributed by atoms with Crippen LogP contribution in [0.25, 0.3) is 11.6 Å². The molecular weight excluding hydrogens is 188 g/mol. The third-order valence-corrected chi connectivity index (χ3v) is 1.69. The Balaban J connectivity index is 0.000000921. The first kappa shape index (κ1) is 13.4. The third kappa shape index (κ3) is 3.20. The summed E-state index contributed by atoms with van der Waals surface area (Å²) in [4.78, 5) is 18.2. The molecule has 0 aliphatic carbocycles. The van der Waals surface area contributed by atoms with E-state index < -0.39 is 0 Å². The summed E-state index contributed by atoms with van der Waals surface area (Å²) < 4.78 is 0. The quantitative estimate of drug-likeness (QED) is 0.808. The van der Waals surface area contributed by atoms with Crippen molar-refractivity contribution in [1.29, 1.82) is 0 Å². The molecule has 0 unspecified atom stereocenters. The molecule has 0 aromatic carbocycles. The molecule has 1 aromatic rings. The van der Waals surface area contributed by atoms with Crippen molar-refractivity contribution in [3.05, 3.63) is 40.6 Å². The lowest BCUT2D eigenvalue weighted by Crippen LogP contribution is -2.16. The van der Waals surface area contributed by atoms with Crippen LogP contribution in [0.1, 0.15) is 37.9 Å². The number of aryl methyl sites for hydroxylation is 1. The number of allylic oxidation sites excluding steroid dienone is 1. The number of nitrogens with zero attached hydrogens (tertiary/aromatic N) is 1. The van der Waals surface area contributed by atoms with E-state index in [-0.39, 0.29) is 5.56 Å². The predicted octanol–water partition coefficient (Wildman–Crippen LogP) is 2.78. The van der Waals surface area contributed by atoms with E-state index in [1.165, 1.54) is 0 Å². The minimum Gasteiger partial charge on any atom is -0.310 e. The molecule has 0 bridgehead atoms. The van der Waals surface area contributed by atoms with Crippen LogP contribution in [0.4, 0.5) is 0 Å². The summed E-state index contributed by atoms with van der Waals surface area (Å²) in [6, 6.07) is 0. The monoisotopic (exact) mass is 206 g/mol. The number of aromatic nitrogens is 2. The van der Waals surface area contributed by atoms with Crippen molar-refractivity contribution < 1.29 is 0 Å². The Morgan fingerprint density at radius 1 is 1.47 bits per heavy atom. The molecule has 0 aliphatic rings. The molecule has 0 saturated heterocycles. The van der Waals surface area contributed by atoms with Gasteiger partial charge in [-0.1, -0.05) is 27.0 Å². The summed E-state index contributed by atoms with van der Waals surface area (Å²) in [5.41, 5.74) is 1.65. The molecule has 3 nitrogen and oxygen atoms in total. The maximum absolute atomic E-state index is 11.5. The van der Waals surface area contributed by atoms with Gasteiger partial charge in [-0.05, 0) is 25.5 Å². The largest absolute Gasteiger partial charge is 0.310 e. The number of rotatable bonds is 2.